The molecule has 0 aromatic carbocycles. The Morgan fingerprint density at radius 2 is 2.21 bits per heavy atom. The molecule has 1 aromatic rings. The summed E-state index contributed by atoms with van der Waals surface area (Å²) in [7, 11) is 1.66. The first-order valence-electron chi connectivity index (χ1n) is 6.81. The van der Waals surface area contributed by atoms with Crippen LogP contribution >= 0.6 is 0 Å². The van der Waals surface area contributed by atoms with Crippen LogP contribution in [0.5, 0.6) is 5.75 Å². The van der Waals surface area contributed by atoms with E-state index in [4.69, 9.17) is 4.74 Å². The zero-order valence-electron chi connectivity index (χ0n) is 11.1. The van der Waals surface area contributed by atoms with Crippen molar-refractivity contribution in [2.75, 3.05) is 7.11 Å². The number of methoxy groups -OCH3 is 1. The number of ether oxygens (including phenoxy) is 1. The molecule has 4 nitrogen and oxygen atoms in total. The van der Waals surface area contributed by atoms with Crippen LogP contribution in [-0.4, -0.2) is 23.8 Å². The third kappa shape index (κ3) is 2.72. The van der Waals surface area contributed by atoms with E-state index in [-0.39, 0.29) is 0 Å². The van der Waals surface area contributed by atoms with Gasteiger partial charge in [0.2, 0.25) is 0 Å². The largest absolute Gasteiger partial charge is 0.495 e. The molecule has 4 heteroatoms. The Kier molecular flexibility index (Phi) is 3.40. The van der Waals surface area contributed by atoms with Gasteiger partial charge in [0.15, 0.2) is 0 Å². The predicted molar refractivity (Wildman–Crippen MR) is 76.5 cm³/mol. The van der Waals surface area contributed by atoms with Crippen molar-refractivity contribution in [2.45, 2.75) is 31.7 Å². The molecular weight excluding hydrogens is 238 g/mol. The van der Waals surface area contributed by atoms with Crippen LogP contribution in [0.2, 0.25) is 0 Å². The monoisotopic (exact) mass is 257 g/mol. The van der Waals surface area contributed by atoms with E-state index in [0.29, 0.717) is 6.04 Å². The summed E-state index contributed by atoms with van der Waals surface area (Å²) in [6.45, 7) is 0. The van der Waals surface area contributed by atoms with Crippen molar-refractivity contribution in [2.24, 2.45) is 4.99 Å². The fourth-order valence-electron chi connectivity index (χ4n) is 2.54. The second-order valence-corrected chi connectivity index (χ2v) is 5.00. The van der Waals surface area contributed by atoms with E-state index in [0.717, 1.165) is 22.9 Å². The number of hydrogen-bond donors (Lipinski definition) is 2. The smallest absolute Gasteiger partial charge is 0.136 e. The van der Waals surface area contributed by atoms with Crippen LogP contribution in [-0.2, 0) is 0 Å². The van der Waals surface area contributed by atoms with Crippen molar-refractivity contribution >= 4 is 5.71 Å². The molecular formula is C15H19N3O. The summed E-state index contributed by atoms with van der Waals surface area (Å²) >= 11 is 0. The Morgan fingerprint density at radius 3 is 2.95 bits per heavy atom. The van der Waals surface area contributed by atoms with Crippen molar-refractivity contribution in [3.63, 3.8) is 0 Å². The van der Waals surface area contributed by atoms with E-state index in [1.807, 2.05) is 30.6 Å². The summed E-state index contributed by atoms with van der Waals surface area (Å²) in [4.78, 5) is 7.75. The highest BCUT2D eigenvalue weighted by Crippen LogP contribution is 2.20. The van der Waals surface area contributed by atoms with Gasteiger partial charge in [0.05, 0.1) is 24.2 Å². The van der Waals surface area contributed by atoms with E-state index in [2.05, 4.69) is 15.3 Å². The summed E-state index contributed by atoms with van der Waals surface area (Å²) in [5, 5.41) is 3.46. The highest BCUT2D eigenvalue weighted by Gasteiger charge is 2.14. The van der Waals surface area contributed by atoms with E-state index in [1.54, 1.807) is 7.11 Å². The van der Waals surface area contributed by atoms with Gasteiger partial charge in [-0.05, 0) is 25.0 Å². The molecule has 0 spiro atoms. The van der Waals surface area contributed by atoms with Crippen LogP contribution in [0.15, 0.2) is 41.3 Å². The van der Waals surface area contributed by atoms with Gasteiger partial charge in [-0.3, -0.25) is 0 Å². The fraction of sp³-hybridized carbons (Fsp3) is 0.400. The van der Waals surface area contributed by atoms with Gasteiger partial charge < -0.3 is 15.0 Å². The second-order valence-electron chi connectivity index (χ2n) is 5.00. The molecule has 1 aliphatic heterocycles. The summed E-state index contributed by atoms with van der Waals surface area (Å²) in [5.41, 5.74) is 2.91. The molecule has 0 saturated heterocycles. The van der Waals surface area contributed by atoms with Crippen molar-refractivity contribution in [3.05, 3.63) is 42.0 Å². The highest BCUT2D eigenvalue weighted by atomic mass is 16.5. The number of rotatable bonds is 4. The Balaban J connectivity index is 1.67. The molecule has 0 radical (unpaired) electrons. The first-order chi connectivity index (χ1) is 9.35. The number of nitrogens with zero attached hydrogens (tertiary/aromatic N) is 1. The lowest BCUT2D eigenvalue weighted by Gasteiger charge is -2.08. The summed E-state index contributed by atoms with van der Waals surface area (Å²) in [6.07, 6.45) is 13.2. The number of H-pyrrole nitrogens is 1. The Labute approximate surface area is 113 Å². The Bertz CT molecular complexity index is 533. The first-order valence-corrected chi connectivity index (χ1v) is 6.81. The topological polar surface area (TPSA) is 49.4 Å². The van der Waals surface area contributed by atoms with Crippen LogP contribution in [0.3, 0.4) is 0 Å². The summed E-state index contributed by atoms with van der Waals surface area (Å²) < 4.78 is 5.16. The number of aromatic amines is 1. The maximum absolute atomic E-state index is 5.16. The molecule has 0 atom stereocenters. The molecule has 0 bridgehead atoms. The first kappa shape index (κ1) is 12.1. The van der Waals surface area contributed by atoms with Crippen LogP contribution in [0, 0.1) is 0 Å². The maximum atomic E-state index is 5.16. The molecule has 2 heterocycles. The van der Waals surface area contributed by atoms with E-state index < -0.39 is 0 Å². The lowest BCUT2D eigenvalue weighted by Crippen LogP contribution is -2.20. The number of aromatic nitrogens is 1. The lowest BCUT2D eigenvalue weighted by molar-refractivity contribution is 0.415. The average molecular weight is 257 g/mol. The number of nitrogens with one attached hydrogen (secondary N) is 2. The SMILES string of the molecule is COc1c[nH]c(C2=NC(=CNC3CCCC3)C=C2)c1. The predicted octanol–water partition coefficient (Wildman–Crippen LogP) is 2.76. The standard InChI is InChI=1S/C15H19N3O/c1-19-13-8-15(17-10-13)14-7-6-12(18-14)9-16-11-4-2-3-5-11/h6-11,16-17H,2-5H2,1H3. The molecule has 1 fully saturated rings. The van der Waals surface area contributed by atoms with Crippen LogP contribution in [0.4, 0.5) is 0 Å². The van der Waals surface area contributed by atoms with E-state index in [9.17, 15) is 0 Å². The summed E-state index contributed by atoms with van der Waals surface area (Å²) in [5.74, 6) is 0.826. The number of aliphatic imine (C=N–C) groups is 1. The quantitative estimate of drug-likeness (QED) is 0.871. The van der Waals surface area contributed by atoms with E-state index >= 15 is 0 Å². The summed E-state index contributed by atoms with van der Waals surface area (Å²) in [6, 6.07) is 2.59. The molecule has 1 aromatic heterocycles. The van der Waals surface area contributed by atoms with Gasteiger partial charge in [0, 0.05) is 24.5 Å². The second kappa shape index (κ2) is 5.34. The van der Waals surface area contributed by atoms with Gasteiger partial charge >= 0.3 is 0 Å². The maximum Gasteiger partial charge on any atom is 0.136 e. The van der Waals surface area contributed by atoms with Crippen molar-refractivity contribution in [3.8, 4) is 5.75 Å². The molecule has 1 aliphatic carbocycles. The average Bonchev–Trinajstić information content (AvgIpc) is 3.16. The van der Waals surface area contributed by atoms with Crippen molar-refractivity contribution in [1.29, 1.82) is 0 Å². The molecule has 3 rings (SSSR count). The molecule has 2 aliphatic rings. The van der Waals surface area contributed by atoms with Crippen molar-refractivity contribution < 1.29 is 4.74 Å². The Morgan fingerprint density at radius 1 is 1.37 bits per heavy atom. The molecule has 100 valence electrons. The van der Waals surface area contributed by atoms with Crippen molar-refractivity contribution in [1.82, 2.24) is 10.3 Å². The minimum absolute atomic E-state index is 0.630. The van der Waals surface area contributed by atoms with Gasteiger partial charge in [-0.25, -0.2) is 4.99 Å². The van der Waals surface area contributed by atoms with Crippen LogP contribution in [0.25, 0.3) is 0 Å². The molecule has 2 N–H and O–H groups in total. The van der Waals surface area contributed by atoms with Crippen LogP contribution < -0.4 is 10.1 Å². The van der Waals surface area contributed by atoms with Gasteiger partial charge in [-0.2, -0.15) is 0 Å². The lowest BCUT2D eigenvalue weighted by atomic mass is 10.2. The Hall–Kier alpha value is -1.97. The number of allylic oxidation sites excluding steroid dienone is 2. The molecule has 19 heavy (non-hydrogen) atoms. The molecule has 0 amide bonds. The van der Waals surface area contributed by atoms with Gasteiger partial charge in [0.25, 0.3) is 0 Å². The minimum atomic E-state index is 0.630. The minimum Gasteiger partial charge on any atom is -0.495 e. The third-order valence-corrected chi connectivity index (χ3v) is 3.65. The van der Waals surface area contributed by atoms with Gasteiger partial charge in [-0.15, -0.1) is 0 Å². The van der Waals surface area contributed by atoms with Crippen LogP contribution in [0.1, 0.15) is 31.4 Å². The number of hydrogen-bond acceptors (Lipinski definition) is 3. The zero-order valence-corrected chi connectivity index (χ0v) is 11.1. The van der Waals surface area contributed by atoms with Gasteiger partial charge in [0.1, 0.15) is 5.75 Å². The van der Waals surface area contributed by atoms with E-state index in [1.165, 1.54) is 25.7 Å². The zero-order chi connectivity index (χ0) is 13.1. The molecule has 1 saturated carbocycles. The third-order valence-electron chi connectivity index (χ3n) is 3.65. The fourth-order valence-corrected chi connectivity index (χ4v) is 2.54. The molecule has 0 unspecified atom stereocenters. The van der Waals surface area contributed by atoms with Gasteiger partial charge in [-0.1, -0.05) is 12.8 Å². The normalized spacial score (nSPS) is 21.1. The highest BCUT2D eigenvalue weighted by molar-refractivity contribution is 6.10.